The summed E-state index contributed by atoms with van der Waals surface area (Å²) >= 11 is 0. The second-order valence-corrected chi connectivity index (χ2v) is 4.92. The second kappa shape index (κ2) is 5.85. The fraction of sp³-hybridized carbons (Fsp3) is 0.312. The molecule has 100 valence electrons. The molecule has 0 atom stereocenters. The highest BCUT2D eigenvalue weighted by atomic mass is 16.3. The molecule has 3 nitrogen and oxygen atoms in total. The van der Waals surface area contributed by atoms with Gasteiger partial charge in [0.05, 0.1) is 13.1 Å². The van der Waals surface area contributed by atoms with Crippen molar-refractivity contribution in [3.63, 3.8) is 0 Å². The number of benzene rings is 1. The Hall–Kier alpha value is -1.87. The number of hydrogen-bond donors (Lipinski definition) is 0. The number of carbonyl (C=O) groups excluding carboxylic acids is 1. The van der Waals surface area contributed by atoms with E-state index in [1.807, 2.05) is 62.2 Å². The molecular weight excluding hydrogens is 238 g/mol. The van der Waals surface area contributed by atoms with Crippen LogP contribution in [0.3, 0.4) is 0 Å². The highest BCUT2D eigenvalue weighted by Gasteiger charge is 2.12. The van der Waals surface area contributed by atoms with E-state index in [2.05, 4.69) is 0 Å². The zero-order valence-electron chi connectivity index (χ0n) is 11.6. The van der Waals surface area contributed by atoms with Gasteiger partial charge in [0, 0.05) is 5.56 Å². The van der Waals surface area contributed by atoms with Gasteiger partial charge in [-0.05, 0) is 38.6 Å². The van der Waals surface area contributed by atoms with Crippen molar-refractivity contribution in [3.8, 4) is 0 Å². The number of aryl methyl sites for hydroxylation is 2. The van der Waals surface area contributed by atoms with Crippen LogP contribution in [-0.2, 0) is 6.54 Å². The van der Waals surface area contributed by atoms with Crippen molar-refractivity contribution in [2.45, 2.75) is 20.4 Å². The first kappa shape index (κ1) is 13.6. The molecule has 0 N–H and O–H groups in total. The van der Waals surface area contributed by atoms with Crippen LogP contribution in [0.2, 0.25) is 0 Å². The predicted molar refractivity (Wildman–Crippen MR) is 75.3 cm³/mol. The van der Waals surface area contributed by atoms with E-state index in [-0.39, 0.29) is 5.78 Å². The molecule has 2 rings (SSSR count). The number of rotatable bonds is 5. The quantitative estimate of drug-likeness (QED) is 0.771. The Bertz CT molecular complexity index is 572. The lowest BCUT2D eigenvalue weighted by Crippen LogP contribution is -2.25. The van der Waals surface area contributed by atoms with Crippen molar-refractivity contribution in [3.05, 3.63) is 59.0 Å². The van der Waals surface area contributed by atoms with E-state index in [9.17, 15) is 4.79 Å². The van der Waals surface area contributed by atoms with Crippen LogP contribution in [0.4, 0.5) is 0 Å². The topological polar surface area (TPSA) is 33.5 Å². The average molecular weight is 257 g/mol. The highest BCUT2D eigenvalue weighted by molar-refractivity contribution is 5.98. The third-order valence-electron chi connectivity index (χ3n) is 3.08. The van der Waals surface area contributed by atoms with Crippen LogP contribution in [0.1, 0.15) is 27.4 Å². The number of hydrogen-bond acceptors (Lipinski definition) is 3. The lowest BCUT2D eigenvalue weighted by molar-refractivity contribution is 0.0939. The Labute approximate surface area is 113 Å². The number of carbonyl (C=O) groups is 1. The van der Waals surface area contributed by atoms with Crippen molar-refractivity contribution in [2.75, 3.05) is 13.6 Å². The van der Waals surface area contributed by atoms with E-state index >= 15 is 0 Å². The molecular formula is C16H19NO2. The Morgan fingerprint density at radius 1 is 1.16 bits per heavy atom. The van der Waals surface area contributed by atoms with Gasteiger partial charge in [-0.1, -0.05) is 24.3 Å². The molecule has 0 bridgehead atoms. The van der Waals surface area contributed by atoms with Gasteiger partial charge >= 0.3 is 0 Å². The van der Waals surface area contributed by atoms with Crippen molar-refractivity contribution >= 4 is 5.78 Å². The summed E-state index contributed by atoms with van der Waals surface area (Å²) < 4.78 is 5.51. The lowest BCUT2D eigenvalue weighted by atomic mass is 10.0. The third-order valence-corrected chi connectivity index (χ3v) is 3.08. The summed E-state index contributed by atoms with van der Waals surface area (Å²) in [6.07, 6.45) is 0. The third kappa shape index (κ3) is 3.55. The maximum absolute atomic E-state index is 12.2. The SMILES string of the molecule is Cc1ccc(CN(C)CC(=O)c2ccccc2C)o1. The van der Waals surface area contributed by atoms with E-state index in [0.717, 1.165) is 22.6 Å². The number of likely N-dealkylation sites (N-methyl/N-ethyl adjacent to an activating group) is 1. The Morgan fingerprint density at radius 2 is 1.89 bits per heavy atom. The molecule has 3 heteroatoms. The summed E-state index contributed by atoms with van der Waals surface area (Å²) in [6.45, 7) is 4.92. The van der Waals surface area contributed by atoms with E-state index in [0.29, 0.717) is 13.1 Å². The first-order chi connectivity index (χ1) is 9.06. The molecule has 0 spiro atoms. The smallest absolute Gasteiger partial charge is 0.177 e. The summed E-state index contributed by atoms with van der Waals surface area (Å²) in [7, 11) is 1.92. The molecule has 1 heterocycles. The van der Waals surface area contributed by atoms with Crippen LogP contribution in [0.25, 0.3) is 0 Å². The monoisotopic (exact) mass is 257 g/mol. The van der Waals surface area contributed by atoms with E-state index in [4.69, 9.17) is 4.42 Å². The molecule has 0 amide bonds. The maximum atomic E-state index is 12.2. The first-order valence-corrected chi connectivity index (χ1v) is 6.39. The van der Waals surface area contributed by atoms with Crippen LogP contribution in [-0.4, -0.2) is 24.3 Å². The largest absolute Gasteiger partial charge is 0.465 e. The molecule has 19 heavy (non-hydrogen) atoms. The summed E-state index contributed by atoms with van der Waals surface area (Å²) in [5.74, 6) is 1.93. The number of furan rings is 1. The molecule has 0 saturated carbocycles. The molecule has 1 aromatic heterocycles. The molecule has 1 aromatic carbocycles. The number of nitrogens with zero attached hydrogens (tertiary/aromatic N) is 1. The van der Waals surface area contributed by atoms with Crippen LogP contribution in [0, 0.1) is 13.8 Å². The molecule has 0 unspecified atom stereocenters. The molecule has 0 radical (unpaired) electrons. The summed E-state index contributed by atoms with van der Waals surface area (Å²) in [6, 6.07) is 11.6. The van der Waals surface area contributed by atoms with Gasteiger partial charge in [0.25, 0.3) is 0 Å². The van der Waals surface area contributed by atoms with Gasteiger partial charge in [-0.2, -0.15) is 0 Å². The lowest BCUT2D eigenvalue weighted by Gasteiger charge is -2.14. The van der Waals surface area contributed by atoms with Gasteiger partial charge < -0.3 is 4.42 Å². The molecule has 0 aliphatic heterocycles. The standard InChI is InChI=1S/C16H19NO2/c1-12-6-4-5-7-15(12)16(18)11-17(3)10-14-9-8-13(2)19-14/h4-9H,10-11H2,1-3H3. The highest BCUT2D eigenvalue weighted by Crippen LogP contribution is 2.11. The molecule has 0 fully saturated rings. The van der Waals surface area contributed by atoms with Crippen LogP contribution >= 0.6 is 0 Å². The van der Waals surface area contributed by atoms with Gasteiger partial charge in [-0.3, -0.25) is 9.69 Å². The maximum Gasteiger partial charge on any atom is 0.177 e. The van der Waals surface area contributed by atoms with Crippen molar-refractivity contribution in [1.82, 2.24) is 4.90 Å². The molecule has 0 saturated heterocycles. The minimum absolute atomic E-state index is 0.142. The van der Waals surface area contributed by atoms with Gasteiger partial charge in [0.1, 0.15) is 11.5 Å². The summed E-state index contributed by atoms with van der Waals surface area (Å²) in [4.78, 5) is 14.2. The Morgan fingerprint density at radius 3 is 2.53 bits per heavy atom. The number of Topliss-reactive ketones (excluding diaryl/α,β-unsaturated/α-hetero) is 1. The van der Waals surface area contributed by atoms with E-state index in [1.165, 1.54) is 0 Å². The van der Waals surface area contributed by atoms with Crippen molar-refractivity contribution < 1.29 is 9.21 Å². The van der Waals surface area contributed by atoms with Gasteiger partial charge in [0.2, 0.25) is 0 Å². The van der Waals surface area contributed by atoms with E-state index in [1.54, 1.807) is 0 Å². The van der Waals surface area contributed by atoms with Gasteiger partial charge in [-0.15, -0.1) is 0 Å². The van der Waals surface area contributed by atoms with Crippen molar-refractivity contribution in [1.29, 1.82) is 0 Å². The first-order valence-electron chi connectivity index (χ1n) is 6.39. The Balaban J connectivity index is 1.97. The molecule has 2 aromatic rings. The zero-order valence-corrected chi connectivity index (χ0v) is 11.6. The fourth-order valence-electron chi connectivity index (χ4n) is 2.11. The minimum atomic E-state index is 0.142. The number of ketones is 1. The average Bonchev–Trinajstić information content (AvgIpc) is 2.74. The van der Waals surface area contributed by atoms with E-state index < -0.39 is 0 Å². The van der Waals surface area contributed by atoms with Crippen LogP contribution in [0.15, 0.2) is 40.8 Å². The fourth-order valence-corrected chi connectivity index (χ4v) is 2.11. The second-order valence-electron chi connectivity index (χ2n) is 4.92. The normalized spacial score (nSPS) is 10.9. The van der Waals surface area contributed by atoms with Crippen molar-refractivity contribution in [2.24, 2.45) is 0 Å². The summed E-state index contributed by atoms with van der Waals surface area (Å²) in [5.41, 5.74) is 1.82. The zero-order chi connectivity index (χ0) is 13.8. The van der Waals surface area contributed by atoms with Gasteiger partial charge in [0.15, 0.2) is 5.78 Å². The van der Waals surface area contributed by atoms with Gasteiger partial charge in [-0.25, -0.2) is 0 Å². The van der Waals surface area contributed by atoms with Crippen LogP contribution < -0.4 is 0 Å². The molecule has 0 aliphatic carbocycles. The minimum Gasteiger partial charge on any atom is -0.465 e. The van der Waals surface area contributed by atoms with Crippen LogP contribution in [0.5, 0.6) is 0 Å². The predicted octanol–water partition coefficient (Wildman–Crippen LogP) is 3.21. The Kier molecular flexibility index (Phi) is 4.17. The summed E-state index contributed by atoms with van der Waals surface area (Å²) in [5, 5.41) is 0. The molecule has 0 aliphatic rings.